The monoisotopic (exact) mass is 295 g/mol. The van der Waals surface area contributed by atoms with Gasteiger partial charge in [0.1, 0.15) is 11.6 Å². The van der Waals surface area contributed by atoms with Gasteiger partial charge in [0.15, 0.2) is 0 Å². The first kappa shape index (κ1) is 18.0. The van der Waals surface area contributed by atoms with Crippen molar-refractivity contribution in [1.29, 1.82) is 0 Å². The Morgan fingerprint density at radius 1 is 0.952 bits per heavy atom. The van der Waals surface area contributed by atoms with Gasteiger partial charge in [0.25, 0.3) is 0 Å². The van der Waals surface area contributed by atoms with E-state index < -0.39 is 0 Å². The van der Waals surface area contributed by atoms with Crippen LogP contribution in [0.15, 0.2) is 18.2 Å². The molecule has 0 amide bonds. The minimum absolute atomic E-state index is 0.211. The number of rotatable bonds is 5. The predicted molar refractivity (Wildman–Crippen MR) is 87.1 cm³/mol. The Bertz CT molecular complexity index is 441. The van der Waals surface area contributed by atoms with Crippen molar-refractivity contribution < 1.29 is 9.13 Å². The number of benzene rings is 1. The SMILES string of the molecule is COc1cc(F)cc(CN(CC(C)(C)C)CC(C)(C)C)c1. The molecule has 0 aliphatic carbocycles. The maximum absolute atomic E-state index is 13.6. The van der Waals surface area contributed by atoms with Crippen molar-refractivity contribution in [2.24, 2.45) is 10.8 Å². The smallest absolute Gasteiger partial charge is 0.127 e. The van der Waals surface area contributed by atoms with Crippen molar-refractivity contribution >= 4 is 0 Å². The Morgan fingerprint density at radius 3 is 1.90 bits per heavy atom. The van der Waals surface area contributed by atoms with Gasteiger partial charge in [0.05, 0.1) is 7.11 Å². The zero-order valence-corrected chi connectivity index (χ0v) is 14.6. The maximum atomic E-state index is 13.6. The molecule has 0 saturated carbocycles. The molecule has 1 aromatic carbocycles. The van der Waals surface area contributed by atoms with Gasteiger partial charge in [-0.2, -0.15) is 0 Å². The predicted octanol–water partition coefficient (Wildman–Crippen LogP) is 4.73. The molecule has 0 N–H and O–H groups in total. The van der Waals surface area contributed by atoms with Gasteiger partial charge in [-0.15, -0.1) is 0 Å². The molecule has 0 bridgehead atoms. The van der Waals surface area contributed by atoms with Gasteiger partial charge in [-0.25, -0.2) is 4.39 Å². The summed E-state index contributed by atoms with van der Waals surface area (Å²) in [5, 5.41) is 0. The first-order valence-electron chi connectivity index (χ1n) is 7.54. The third kappa shape index (κ3) is 7.47. The van der Waals surface area contributed by atoms with E-state index in [0.29, 0.717) is 5.75 Å². The van der Waals surface area contributed by atoms with Gasteiger partial charge in [0, 0.05) is 25.7 Å². The highest BCUT2D eigenvalue weighted by atomic mass is 19.1. The van der Waals surface area contributed by atoms with Crippen molar-refractivity contribution in [2.75, 3.05) is 20.2 Å². The van der Waals surface area contributed by atoms with Crippen LogP contribution < -0.4 is 4.74 Å². The number of ether oxygens (including phenoxy) is 1. The van der Waals surface area contributed by atoms with E-state index in [4.69, 9.17) is 4.74 Å². The number of hydrogen-bond acceptors (Lipinski definition) is 2. The fourth-order valence-corrected chi connectivity index (χ4v) is 2.60. The molecule has 21 heavy (non-hydrogen) atoms. The number of halogens is 1. The lowest BCUT2D eigenvalue weighted by Gasteiger charge is -2.34. The summed E-state index contributed by atoms with van der Waals surface area (Å²) >= 11 is 0. The third-order valence-electron chi connectivity index (χ3n) is 2.97. The molecule has 0 aliphatic heterocycles. The number of nitrogens with zero attached hydrogens (tertiary/aromatic N) is 1. The highest BCUT2D eigenvalue weighted by molar-refractivity contribution is 5.29. The Kier molecular flexibility index (Phi) is 5.80. The molecule has 0 unspecified atom stereocenters. The normalized spacial score (nSPS) is 12.8. The second kappa shape index (κ2) is 6.78. The standard InChI is InChI=1S/C18H30FNO/c1-17(2,3)12-20(13-18(4,5)6)11-14-8-15(19)10-16(9-14)21-7/h8-10H,11-13H2,1-7H3. The van der Waals surface area contributed by atoms with E-state index in [1.165, 1.54) is 6.07 Å². The highest BCUT2D eigenvalue weighted by Crippen LogP contribution is 2.24. The summed E-state index contributed by atoms with van der Waals surface area (Å²) in [7, 11) is 1.57. The van der Waals surface area contributed by atoms with E-state index in [1.807, 2.05) is 6.07 Å². The summed E-state index contributed by atoms with van der Waals surface area (Å²) in [5.74, 6) is 0.340. The Labute approximate surface area is 129 Å². The number of hydrogen-bond donors (Lipinski definition) is 0. The lowest BCUT2D eigenvalue weighted by atomic mass is 9.92. The second-order valence-electron chi connectivity index (χ2n) is 8.27. The summed E-state index contributed by atoms with van der Waals surface area (Å²) in [6, 6.07) is 4.93. The van der Waals surface area contributed by atoms with Crippen molar-refractivity contribution in [3.63, 3.8) is 0 Å². The molecule has 1 aromatic rings. The van der Waals surface area contributed by atoms with Crippen molar-refractivity contribution in [1.82, 2.24) is 4.90 Å². The molecule has 0 spiro atoms. The molecule has 2 nitrogen and oxygen atoms in total. The molecule has 0 fully saturated rings. The Hall–Kier alpha value is -1.09. The summed E-state index contributed by atoms with van der Waals surface area (Å²) in [6.45, 7) is 16.1. The average molecular weight is 295 g/mol. The van der Waals surface area contributed by atoms with E-state index in [2.05, 4.69) is 46.4 Å². The van der Waals surface area contributed by atoms with Crippen LogP contribution in [0.2, 0.25) is 0 Å². The molecule has 1 rings (SSSR count). The van der Waals surface area contributed by atoms with Crippen LogP contribution >= 0.6 is 0 Å². The lowest BCUT2D eigenvalue weighted by molar-refractivity contribution is 0.134. The molecular weight excluding hydrogens is 265 g/mol. The quantitative estimate of drug-likeness (QED) is 0.778. The summed E-state index contributed by atoms with van der Waals surface area (Å²) < 4.78 is 18.8. The molecule has 0 saturated heterocycles. The molecular formula is C18H30FNO. The zero-order chi connectivity index (χ0) is 16.3. The van der Waals surface area contributed by atoms with Crippen LogP contribution in [0.4, 0.5) is 4.39 Å². The van der Waals surface area contributed by atoms with E-state index in [0.717, 1.165) is 25.2 Å². The molecule has 0 atom stereocenters. The minimum atomic E-state index is -0.240. The van der Waals surface area contributed by atoms with Gasteiger partial charge in [-0.1, -0.05) is 41.5 Å². The van der Waals surface area contributed by atoms with Crippen molar-refractivity contribution in [3.05, 3.63) is 29.6 Å². The van der Waals surface area contributed by atoms with Crippen LogP contribution in [-0.4, -0.2) is 25.1 Å². The third-order valence-corrected chi connectivity index (χ3v) is 2.97. The Morgan fingerprint density at radius 2 is 1.48 bits per heavy atom. The van der Waals surface area contributed by atoms with Crippen LogP contribution in [-0.2, 0) is 6.54 Å². The summed E-state index contributed by atoms with van der Waals surface area (Å²) in [4.78, 5) is 2.40. The van der Waals surface area contributed by atoms with E-state index in [-0.39, 0.29) is 16.6 Å². The number of methoxy groups -OCH3 is 1. The van der Waals surface area contributed by atoms with Crippen LogP contribution in [0.5, 0.6) is 5.75 Å². The van der Waals surface area contributed by atoms with Gasteiger partial charge >= 0.3 is 0 Å². The largest absolute Gasteiger partial charge is 0.497 e. The van der Waals surface area contributed by atoms with Crippen molar-refractivity contribution in [2.45, 2.75) is 48.1 Å². The topological polar surface area (TPSA) is 12.5 Å². The van der Waals surface area contributed by atoms with Crippen LogP contribution in [0.1, 0.15) is 47.1 Å². The maximum Gasteiger partial charge on any atom is 0.127 e. The highest BCUT2D eigenvalue weighted by Gasteiger charge is 2.22. The second-order valence-corrected chi connectivity index (χ2v) is 8.27. The lowest BCUT2D eigenvalue weighted by Crippen LogP contribution is -2.38. The first-order valence-corrected chi connectivity index (χ1v) is 7.54. The first-order chi connectivity index (χ1) is 9.48. The Balaban J connectivity index is 2.92. The average Bonchev–Trinajstić information content (AvgIpc) is 2.22. The molecule has 0 aromatic heterocycles. The van der Waals surface area contributed by atoms with E-state index >= 15 is 0 Å². The zero-order valence-electron chi connectivity index (χ0n) is 14.6. The molecule has 120 valence electrons. The summed E-state index contributed by atoms with van der Waals surface area (Å²) in [6.07, 6.45) is 0. The van der Waals surface area contributed by atoms with Crippen molar-refractivity contribution in [3.8, 4) is 5.75 Å². The summed E-state index contributed by atoms with van der Waals surface area (Å²) in [5.41, 5.74) is 1.38. The minimum Gasteiger partial charge on any atom is -0.497 e. The fourth-order valence-electron chi connectivity index (χ4n) is 2.60. The van der Waals surface area contributed by atoms with Crippen LogP contribution in [0.3, 0.4) is 0 Å². The molecule has 0 aliphatic rings. The van der Waals surface area contributed by atoms with E-state index in [9.17, 15) is 4.39 Å². The van der Waals surface area contributed by atoms with Crippen LogP contribution in [0, 0.1) is 16.6 Å². The van der Waals surface area contributed by atoms with Gasteiger partial charge < -0.3 is 4.74 Å². The fraction of sp³-hybridized carbons (Fsp3) is 0.667. The molecule has 0 heterocycles. The van der Waals surface area contributed by atoms with Gasteiger partial charge in [-0.05, 0) is 28.5 Å². The van der Waals surface area contributed by atoms with E-state index in [1.54, 1.807) is 13.2 Å². The van der Waals surface area contributed by atoms with Gasteiger partial charge in [-0.3, -0.25) is 4.90 Å². The molecule has 0 radical (unpaired) electrons. The van der Waals surface area contributed by atoms with Gasteiger partial charge in [0.2, 0.25) is 0 Å². The molecule has 3 heteroatoms. The van der Waals surface area contributed by atoms with Crippen LogP contribution in [0.25, 0.3) is 0 Å².